The molecule has 7 heteroatoms. The normalized spacial score (nSPS) is 20.5. The molecule has 0 bridgehead atoms. The molecule has 0 amide bonds. The third kappa shape index (κ3) is 4.11. The van der Waals surface area contributed by atoms with Crippen LogP contribution in [0.25, 0.3) is 0 Å². The second-order valence-corrected chi connectivity index (χ2v) is 8.87. The lowest BCUT2D eigenvalue weighted by Gasteiger charge is -2.33. The van der Waals surface area contributed by atoms with Gasteiger partial charge in [-0.05, 0) is 42.0 Å². The van der Waals surface area contributed by atoms with E-state index in [0.29, 0.717) is 23.7 Å². The van der Waals surface area contributed by atoms with Crippen LogP contribution in [0.1, 0.15) is 29.5 Å². The maximum absolute atomic E-state index is 13.9. The lowest BCUT2D eigenvalue weighted by Crippen LogP contribution is -2.34. The van der Waals surface area contributed by atoms with Gasteiger partial charge < -0.3 is 29.6 Å². The van der Waals surface area contributed by atoms with Gasteiger partial charge in [0.05, 0.1) is 51.8 Å². The molecule has 0 fully saturated rings. The fraction of sp³-hybridized carbons (Fsp3) is 0.276. The fourth-order valence-corrected chi connectivity index (χ4v) is 5.20. The van der Waals surface area contributed by atoms with Crippen molar-refractivity contribution in [2.75, 3.05) is 39.1 Å². The van der Waals surface area contributed by atoms with E-state index in [1.165, 1.54) is 0 Å². The quantitative estimate of drug-likeness (QED) is 0.473. The van der Waals surface area contributed by atoms with Gasteiger partial charge in [0.15, 0.2) is 11.5 Å². The number of benzene rings is 3. The maximum atomic E-state index is 13.9. The molecule has 0 saturated heterocycles. The fourth-order valence-electron chi connectivity index (χ4n) is 5.20. The molecule has 1 heterocycles. The van der Waals surface area contributed by atoms with E-state index in [-0.39, 0.29) is 17.7 Å². The molecule has 0 spiro atoms. The molecule has 0 saturated carbocycles. The van der Waals surface area contributed by atoms with Gasteiger partial charge in [-0.2, -0.15) is 0 Å². The van der Waals surface area contributed by atoms with Crippen LogP contribution in [0.3, 0.4) is 0 Å². The number of ether oxygens (including phenoxy) is 4. The van der Waals surface area contributed by atoms with E-state index in [9.17, 15) is 4.79 Å². The van der Waals surface area contributed by atoms with Gasteiger partial charge >= 0.3 is 0 Å². The van der Waals surface area contributed by atoms with E-state index in [1.54, 1.807) is 28.4 Å². The molecule has 186 valence electrons. The number of Topliss-reactive ketones (excluding diaryl/α,β-unsaturated/α-hetero) is 1. The molecule has 0 radical (unpaired) electrons. The minimum absolute atomic E-state index is 0.0413. The minimum atomic E-state index is -0.445. The lowest BCUT2D eigenvalue weighted by atomic mass is 9.76. The Morgan fingerprint density at radius 3 is 2.17 bits per heavy atom. The SMILES string of the molecule is COc1ccc(C2C=C3Nc4ccccc4NC(c4ccc(OC)c(OC)c4OC)C3C(=O)C2)cc1. The zero-order valence-electron chi connectivity index (χ0n) is 20.8. The summed E-state index contributed by atoms with van der Waals surface area (Å²) in [5, 5.41) is 7.18. The summed E-state index contributed by atoms with van der Waals surface area (Å²) in [6.07, 6.45) is 2.57. The number of anilines is 2. The first-order valence-corrected chi connectivity index (χ1v) is 11.9. The van der Waals surface area contributed by atoms with E-state index >= 15 is 0 Å². The molecule has 36 heavy (non-hydrogen) atoms. The molecule has 5 rings (SSSR count). The summed E-state index contributed by atoms with van der Waals surface area (Å²) in [7, 11) is 6.42. The first-order valence-electron chi connectivity index (χ1n) is 11.9. The summed E-state index contributed by atoms with van der Waals surface area (Å²) in [6, 6.07) is 19.3. The molecule has 3 unspecified atom stereocenters. The molecule has 3 aromatic carbocycles. The highest BCUT2D eigenvalue weighted by molar-refractivity contribution is 5.91. The molecule has 1 aliphatic heterocycles. The van der Waals surface area contributed by atoms with Crippen molar-refractivity contribution in [2.45, 2.75) is 18.4 Å². The highest BCUT2D eigenvalue weighted by Crippen LogP contribution is 2.49. The third-order valence-corrected chi connectivity index (χ3v) is 6.95. The van der Waals surface area contributed by atoms with Crippen LogP contribution < -0.4 is 29.6 Å². The summed E-state index contributed by atoms with van der Waals surface area (Å²) in [5.41, 5.74) is 4.58. The number of methoxy groups -OCH3 is 4. The molecule has 3 atom stereocenters. The summed E-state index contributed by atoms with van der Waals surface area (Å²) >= 11 is 0. The number of ketones is 1. The molecular weight excluding hydrogens is 456 g/mol. The molecule has 0 aromatic heterocycles. The van der Waals surface area contributed by atoms with Crippen molar-refractivity contribution in [1.29, 1.82) is 0 Å². The van der Waals surface area contributed by atoms with Gasteiger partial charge in [-0.25, -0.2) is 0 Å². The molecule has 7 nitrogen and oxygen atoms in total. The standard InChI is InChI=1S/C29H30N2O5/c1-33-19-11-9-17(10-12-19)18-15-23-26(24(32)16-18)27(31-22-8-6-5-7-21(22)30-23)20-13-14-25(34-2)29(36-4)28(20)35-3/h5-15,18,26-27,30-31H,16H2,1-4H3. The second-order valence-electron chi connectivity index (χ2n) is 8.87. The van der Waals surface area contributed by atoms with Crippen molar-refractivity contribution < 1.29 is 23.7 Å². The maximum Gasteiger partial charge on any atom is 0.203 e. The smallest absolute Gasteiger partial charge is 0.203 e. The van der Waals surface area contributed by atoms with Crippen LogP contribution in [0.5, 0.6) is 23.0 Å². The minimum Gasteiger partial charge on any atom is -0.497 e. The van der Waals surface area contributed by atoms with E-state index in [0.717, 1.165) is 33.9 Å². The molecule has 2 N–H and O–H groups in total. The highest BCUT2D eigenvalue weighted by atomic mass is 16.5. The van der Waals surface area contributed by atoms with Gasteiger partial charge in [0.25, 0.3) is 0 Å². The summed E-state index contributed by atoms with van der Waals surface area (Å²) in [5.74, 6) is 2.04. The van der Waals surface area contributed by atoms with Crippen LogP contribution in [0, 0.1) is 5.92 Å². The predicted molar refractivity (Wildman–Crippen MR) is 139 cm³/mol. The van der Waals surface area contributed by atoms with Crippen molar-refractivity contribution >= 4 is 17.2 Å². The second kappa shape index (κ2) is 9.85. The molecule has 1 aliphatic carbocycles. The zero-order valence-corrected chi connectivity index (χ0v) is 20.8. The Morgan fingerprint density at radius 1 is 0.778 bits per heavy atom. The summed E-state index contributed by atoms with van der Waals surface area (Å²) in [6.45, 7) is 0. The van der Waals surface area contributed by atoms with E-state index in [1.807, 2.05) is 60.7 Å². The number of hydrogen-bond acceptors (Lipinski definition) is 7. The third-order valence-electron chi connectivity index (χ3n) is 6.95. The topological polar surface area (TPSA) is 78.1 Å². The van der Waals surface area contributed by atoms with Crippen molar-refractivity contribution in [1.82, 2.24) is 0 Å². The zero-order chi connectivity index (χ0) is 25.2. The van der Waals surface area contributed by atoms with Crippen molar-refractivity contribution in [3.8, 4) is 23.0 Å². The van der Waals surface area contributed by atoms with Gasteiger partial charge in [0.1, 0.15) is 11.5 Å². The van der Waals surface area contributed by atoms with E-state index < -0.39 is 5.92 Å². The number of fused-ring (bicyclic) bond motifs is 2. The largest absolute Gasteiger partial charge is 0.497 e. The monoisotopic (exact) mass is 486 g/mol. The Hall–Kier alpha value is -4.13. The van der Waals surface area contributed by atoms with E-state index in [4.69, 9.17) is 18.9 Å². The number of carbonyl (C=O) groups excluding carboxylic acids is 1. The number of allylic oxidation sites excluding steroid dienone is 1. The number of rotatable bonds is 6. The average molecular weight is 487 g/mol. The van der Waals surface area contributed by atoms with Gasteiger partial charge in [-0.15, -0.1) is 0 Å². The van der Waals surface area contributed by atoms with Gasteiger partial charge in [-0.3, -0.25) is 4.79 Å². The van der Waals surface area contributed by atoms with Crippen molar-refractivity contribution in [3.05, 3.63) is 83.6 Å². The van der Waals surface area contributed by atoms with Crippen LogP contribution >= 0.6 is 0 Å². The van der Waals surface area contributed by atoms with E-state index in [2.05, 4.69) is 16.7 Å². The van der Waals surface area contributed by atoms with Gasteiger partial charge in [0.2, 0.25) is 5.75 Å². The number of para-hydroxylation sites is 2. The number of hydrogen-bond donors (Lipinski definition) is 2. The first-order chi connectivity index (χ1) is 17.6. The Kier molecular flexibility index (Phi) is 6.46. The number of nitrogens with one attached hydrogen (secondary N) is 2. The van der Waals surface area contributed by atoms with Crippen LogP contribution in [-0.2, 0) is 4.79 Å². The predicted octanol–water partition coefficient (Wildman–Crippen LogP) is 5.56. The average Bonchev–Trinajstić information content (AvgIpc) is 3.09. The van der Waals surface area contributed by atoms with Crippen molar-refractivity contribution in [3.63, 3.8) is 0 Å². The summed E-state index contributed by atoms with van der Waals surface area (Å²) in [4.78, 5) is 13.9. The highest BCUT2D eigenvalue weighted by Gasteiger charge is 2.41. The molecule has 2 aliphatic rings. The molecular formula is C29H30N2O5. The summed E-state index contributed by atoms with van der Waals surface area (Å²) < 4.78 is 22.2. The Labute approximate surface area is 211 Å². The molecule has 3 aromatic rings. The number of carbonyl (C=O) groups is 1. The lowest BCUT2D eigenvalue weighted by molar-refractivity contribution is -0.122. The van der Waals surface area contributed by atoms with Crippen molar-refractivity contribution in [2.24, 2.45) is 5.92 Å². The van der Waals surface area contributed by atoms with Crippen LogP contribution in [-0.4, -0.2) is 34.2 Å². The first kappa shape index (κ1) is 23.6. The Bertz CT molecular complexity index is 1300. The van der Waals surface area contributed by atoms with Crippen LogP contribution in [0.2, 0.25) is 0 Å². The van der Waals surface area contributed by atoms with Gasteiger partial charge in [0, 0.05) is 23.6 Å². The van der Waals surface area contributed by atoms with Crippen LogP contribution in [0.4, 0.5) is 11.4 Å². The van der Waals surface area contributed by atoms with Crippen LogP contribution in [0.15, 0.2) is 72.4 Å². The Balaban J connectivity index is 1.64. The Morgan fingerprint density at radius 2 is 1.50 bits per heavy atom. The van der Waals surface area contributed by atoms with Gasteiger partial charge in [-0.1, -0.05) is 30.3 Å².